The number of aromatic nitrogens is 4. The number of halogens is 1. The van der Waals surface area contributed by atoms with Crippen LogP contribution in [-0.4, -0.2) is 100 Å². The first kappa shape index (κ1) is 29.8. The van der Waals surface area contributed by atoms with E-state index >= 15 is 0 Å². The van der Waals surface area contributed by atoms with E-state index in [4.69, 9.17) is 21.1 Å². The summed E-state index contributed by atoms with van der Waals surface area (Å²) in [5.74, 6) is 0.555. The molecule has 1 aliphatic carbocycles. The van der Waals surface area contributed by atoms with E-state index in [0.717, 1.165) is 25.9 Å². The van der Waals surface area contributed by atoms with Crippen molar-refractivity contribution >= 4 is 40.8 Å². The van der Waals surface area contributed by atoms with Crippen molar-refractivity contribution in [1.82, 2.24) is 35.1 Å². The Morgan fingerprint density at radius 3 is 2.82 bits per heavy atom. The number of alkyl carbamates (subject to hydrolysis) is 1. The average Bonchev–Trinajstić information content (AvgIpc) is 3.75. The van der Waals surface area contributed by atoms with Crippen molar-refractivity contribution in [3.8, 4) is 12.1 Å². The second kappa shape index (κ2) is 12.8. The van der Waals surface area contributed by atoms with Crippen LogP contribution in [-0.2, 0) is 15.0 Å². The predicted octanol–water partition coefficient (Wildman–Crippen LogP) is 1.45. The lowest BCUT2D eigenvalue weighted by molar-refractivity contribution is 0.0169. The molecule has 3 aliphatic rings. The van der Waals surface area contributed by atoms with Crippen LogP contribution in [0.2, 0.25) is 5.02 Å². The van der Waals surface area contributed by atoms with E-state index in [9.17, 15) is 20.4 Å². The lowest BCUT2D eigenvalue weighted by atomic mass is 9.78. The number of nitrogens with one attached hydrogen (secondary N) is 4. The highest BCUT2D eigenvalue weighted by Gasteiger charge is 2.45. The van der Waals surface area contributed by atoms with E-state index in [1.54, 1.807) is 6.07 Å². The van der Waals surface area contributed by atoms with Gasteiger partial charge in [-0.3, -0.25) is 4.90 Å². The smallest absolute Gasteiger partial charge is 0.407 e. The zero-order valence-corrected chi connectivity index (χ0v) is 24.6. The number of morpholine rings is 1. The molecule has 15 nitrogen and oxygen atoms in total. The van der Waals surface area contributed by atoms with Crippen LogP contribution in [0.1, 0.15) is 36.1 Å². The molecule has 16 heteroatoms. The van der Waals surface area contributed by atoms with Crippen LogP contribution in [0.4, 0.5) is 22.2 Å². The van der Waals surface area contributed by atoms with Crippen LogP contribution in [0.3, 0.4) is 0 Å². The Labute approximate surface area is 258 Å². The number of benzene rings is 1. The highest BCUT2D eigenvalue weighted by atomic mass is 35.5. The van der Waals surface area contributed by atoms with Gasteiger partial charge in [0.1, 0.15) is 12.7 Å². The van der Waals surface area contributed by atoms with Crippen molar-refractivity contribution in [3.63, 3.8) is 0 Å². The molecule has 1 saturated carbocycles. The molecule has 0 radical (unpaired) electrons. The van der Waals surface area contributed by atoms with Gasteiger partial charge in [0.2, 0.25) is 5.95 Å². The molecule has 2 saturated heterocycles. The predicted molar refractivity (Wildman–Crippen MR) is 159 cm³/mol. The Hall–Kier alpha value is -4.25. The molecule has 3 fully saturated rings. The summed E-state index contributed by atoms with van der Waals surface area (Å²) in [7, 11) is 0. The van der Waals surface area contributed by atoms with Crippen LogP contribution in [0.5, 0.6) is 0 Å². The normalized spacial score (nSPS) is 22.1. The highest BCUT2D eigenvalue weighted by Crippen LogP contribution is 2.41. The van der Waals surface area contributed by atoms with Gasteiger partial charge >= 0.3 is 6.09 Å². The lowest BCUT2D eigenvalue weighted by Gasteiger charge is -2.43. The first-order valence-electron chi connectivity index (χ1n) is 14.5. The summed E-state index contributed by atoms with van der Waals surface area (Å²) < 4.78 is 12.3. The summed E-state index contributed by atoms with van der Waals surface area (Å²) in [5, 5.41) is 47.8. The van der Waals surface area contributed by atoms with Gasteiger partial charge in [-0.25, -0.2) is 9.78 Å². The second-order valence-electron chi connectivity index (χ2n) is 11.0. The van der Waals surface area contributed by atoms with Gasteiger partial charge in [0, 0.05) is 37.8 Å². The van der Waals surface area contributed by atoms with Gasteiger partial charge in [-0.15, -0.1) is 5.10 Å². The fourth-order valence-electron chi connectivity index (χ4n) is 5.46. The van der Waals surface area contributed by atoms with Crippen LogP contribution in [0.15, 0.2) is 18.3 Å². The Morgan fingerprint density at radius 1 is 1.27 bits per heavy atom. The van der Waals surface area contributed by atoms with E-state index in [1.807, 2.05) is 0 Å². The van der Waals surface area contributed by atoms with Crippen molar-refractivity contribution in [3.05, 3.63) is 40.2 Å². The maximum Gasteiger partial charge on any atom is 0.407 e. The van der Waals surface area contributed by atoms with Crippen molar-refractivity contribution in [2.75, 3.05) is 63.2 Å². The molecule has 2 aliphatic heterocycles. The molecule has 5 N–H and O–H groups in total. The fraction of sp³-hybridized carbons (Fsp3) is 0.500. The Morgan fingerprint density at radius 2 is 2.09 bits per heavy atom. The number of nitriles is 2. The zero-order valence-electron chi connectivity index (χ0n) is 23.8. The van der Waals surface area contributed by atoms with Gasteiger partial charge in [-0.1, -0.05) is 11.6 Å². The number of anilines is 3. The number of aliphatic hydroxyl groups is 1. The number of piperidine rings is 1. The largest absolute Gasteiger partial charge is 0.448 e. The lowest BCUT2D eigenvalue weighted by Crippen LogP contribution is -2.61. The SMILES string of the molecule is N#Cc1cc(Nc2nc(NC3CC3)c3ncc(C#N)n3n2)c(Cl)c([C@]2(NC(=O)OCCN3CCOCC3)CCNC[C@H]2O)c1. The standard InChI is InChI=1S/C28H32ClN11O4/c29-23-20(28(3-4-32-16-22(28)41)37-27(42)44-10-7-39-5-8-43-9-6-39)11-17(13-30)12-21(23)35-26-36-24(34-18-1-2-18)25-33-15-19(14-31)40(25)38-26/h11-12,15,18,22,32,41H,1-10,16H2,(H,37,42)(H2,34,35,36,38)/t22-,28-/m1/s1. The van der Waals surface area contributed by atoms with Crippen LogP contribution in [0, 0.1) is 22.7 Å². The maximum atomic E-state index is 13.1. The average molecular weight is 622 g/mol. The molecule has 1 aromatic carbocycles. The van der Waals surface area contributed by atoms with E-state index in [-0.39, 0.29) is 53.5 Å². The maximum absolute atomic E-state index is 13.1. The fourth-order valence-corrected chi connectivity index (χ4v) is 5.78. The second-order valence-corrected chi connectivity index (χ2v) is 11.3. The van der Waals surface area contributed by atoms with Crippen molar-refractivity contribution in [2.45, 2.75) is 36.9 Å². The number of amides is 1. The van der Waals surface area contributed by atoms with Gasteiger partial charge in [0.05, 0.1) is 53.4 Å². The van der Waals surface area contributed by atoms with Crippen molar-refractivity contribution in [1.29, 1.82) is 10.5 Å². The summed E-state index contributed by atoms with van der Waals surface area (Å²) in [6.45, 7) is 4.16. The molecule has 3 aromatic rings. The summed E-state index contributed by atoms with van der Waals surface area (Å²) in [6.07, 6.45) is 1.88. The number of carbonyl (C=O) groups excluding carboxylic acids is 1. The van der Waals surface area contributed by atoms with Crippen LogP contribution >= 0.6 is 11.6 Å². The molecular formula is C28H32ClN11O4. The van der Waals surface area contributed by atoms with E-state index < -0.39 is 17.7 Å². The number of β-amino-alcohol motifs (C(OH)–C–C–N with tert-alkyl or cyclic N) is 1. The number of ether oxygens (including phenoxy) is 2. The monoisotopic (exact) mass is 621 g/mol. The van der Waals surface area contributed by atoms with Gasteiger partial charge in [0.25, 0.3) is 0 Å². The molecule has 0 bridgehead atoms. The Balaban J connectivity index is 1.31. The molecule has 2 aromatic heterocycles. The van der Waals surface area contributed by atoms with Crippen molar-refractivity contribution < 1.29 is 19.4 Å². The molecular weight excluding hydrogens is 590 g/mol. The molecule has 6 rings (SSSR count). The molecule has 1 amide bonds. The van der Waals surface area contributed by atoms with Crippen LogP contribution in [0.25, 0.3) is 5.65 Å². The van der Waals surface area contributed by atoms with Gasteiger partial charge in [-0.05, 0) is 37.9 Å². The van der Waals surface area contributed by atoms with Gasteiger partial charge in [0.15, 0.2) is 17.2 Å². The summed E-state index contributed by atoms with van der Waals surface area (Å²) in [4.78, 5) is 24.1. The number of hydrogen-bond donors (Lipinski definition) is 5. The minimum absolute atomic E-state index is 0.105. The first-order chi connectivity index (χ1) is 21.4. The summed E-state index contributed by atoms with van der Waals surface area (Å²) >= 11 is 7.00. The third-order valence-corrected chi connectivity index (χ3v) is 8.40. The van der Waals surface area contributed by atoms with E-state index in [0.29, 0.717) is 43.3 Å². The third kappa shape index (κ3) is 6.19. The van der Waals surface area contributed by atoms with Crippen LogP contribution < -0.4 is 21.3 Å². The van der Waals surface area contributed by atoms with E-state index in [1.165, 1.54) is 16.8 Å². The molecule has 0 spiro atoms. The number of hydrogen-bond acceptors (Lipinski definition) is 13. The minimum atomic E-state index is -1.36. The number of fused-ring (bicyclic) bond motifs is 1. The quantitative estimate of drug-likeness (QED) is 0.230. The minimum Gasteiger partial charge on any atom is -0.448 e. The topological polar surface area (TPSA) is 198 Å². The molecule has 230 valence electrons. The molecule has 4 heterocycles. The molecule has 2 atom stereocenters. The van der Waals surface area contributed by atoms with Gasteiger partial charge < -0.3 is 35.8 Å². The Bertz CT molecular complexity index is 1630. The van der Waals surface area contributed by atoms with Crippen molar-refractivity contribution in [2.24, 2.45) is 0 Å². The zero-order chi connectivity index (χ0) is 30.7. The highest BCUT2D eigenvalue weighted by molar-refractivity contribution is 6.34. The number of rotatable bonds is 9. The number of carbonyl (C=O) groups is 1. The molecule has 44 heavy (non-hydrogen) atoms. The third-order valence-electron chi connectivity index (χ3n) is 8.00. The van der Waals surface area contributed by atoms with E-state index in [2.05, 4.69) is 53.4 Å². The number of aliphatic hydroxyl groups excluding tert-OH is 1. The first-order valence-corrected chi connectivity index (χ1v) is 14.9. The summed E-state index contributed by atoms with van der Waals surface area (Å²) in [5.41, 5.74) is 0.127. The molecule has 0 unspecified atom stereocenters. The summed E-state index contributed by atoms with van der Waals surface area (Å²) in [6, 6.07) is 7.56. The Kier molecular flexibility index (Phi) is 8.65. The number of imidazole rings is 1. The van der Waals surface area contributed by atoms with Gasteiger partial charge in [-0.2, -0.15) is 20.0 Å². The number of nitrogens with zero attached hydrogens (tertiary/aromatic N) is 7.